The van der Waals surface area contributed by atoms with E-state index in [4.69, 9.17) is 9.47 Å². The van der Waals surface area contributed by atoms with E-state index in [9.17, 15) is 4.79 Å². The van der Waals surface area contributed by atoms with Crippen molar-refractivity contribution in [2.24, 2.45) is 0 Å². The molecule has 0 aliphatic rings. The Morgan fingerprint density at radius 1 is 1.23 bits per heavy atom. The molecule has 1 heterocycles. The molecule has 0 aliphatic carbocycles. The van der Waals surface area contributed by atoms with Gasteiger partial charge in [-0.2, -0.15) is 0 Å². The number of ether oxygens (including phenoxy) is 2. The number of benzene rings is 1. The molecule has 6 nitrogen and oxygen atoms in total. The predicted molar refractivity (Wildman–Crippen MR) is 105 cm³/mol. The van der Waals surface area contributed by atoms with Gasteiger partial charge in [0.05, 0.1) is 13.7 Å². The molecule has 0 saturated heterocycles. The zero-order valence-electron chi connectivity index (χ0n) is 15.4. The number of carbonyl (C=O) groups is 1. The van der Waals surface area contributed by atoms with E-state index in [0.29, 0.717) is 23.2 Å². The van der Waals surface area contributed by atoms with Crippen LogP contribution in [-0.2, 0) is 11.2 Å². The number of methoxy groups -OCH3 is 1. The van der Waals surface area contributed by atoms with Crippen LogP contribution in [0, 0.1) is 0 Å². The van der Waals surface area contributed by atoms with Crippen LogP contribution in [0.25, 0.3) is 6.08 Å². The van der Waals surface area contributed by atoms with Gasteiger partial charge in [0.2, 0.25) is 11.0 Å². The number of nitrogens with one attached hydrogen (secondary N) is 1. The predicted octanol–water partition coefficient (Wildman–Crippen LogP) is 4.33. The van der Waals surface area contributed by atoms with Gasteiger partial charge in [-0.15, -0.1) is 10.2 Å². The second-order valence-electron chi connectivity index (χ2n) is 5.69. The largest absolute Gasteiger partial charge is 0.493 e. The van der Waals surface area contributed by atoms with Gasteiger partial charge in [0.15, 0.2) is 11.5 Å². The molecule has 1 N–H and O–H groups in total. The Balaban J connectivity index is 1.95. The summed E-state index contributed by atoms with van der Waals surface area (Å²) >= 11 is 1.41. The third-order valence-electron chi connectivity index (χ3n) is 3.52. The molecule has 0 bridgehead atoms. The molecule has 0 fully saturated rings. The summed E-state index contributed by atoms with van der Waals surface area (Å²) in [5.41, 5.74) is 0.849. The molecule has 26 heavy (non-hydrogen) atoms. The number of amides is 1. The summed E-state index contributed by atoms with van der Waals surface area (Å²) in [6, 6.07) is 5.56. The third-order valence-corrected chi connectivity index (χ3v) is 4.42. The fourth-order valence-electron chi connectivity index (χ4n) is 2.17. The molecule has 0 aliphatic heterocycles. The maximum absolute atomic E-state index is 12.1. The lowest BCUT2D eigenvalue weighted by atomic mass is 10.2. The first kappa shape index (κ1) is 19.9. The summed E-state index contributed by atoms with van der Waals surface area (Å²) in [5.74, 6) is 1.10. The molecule has 2 aromatic rings. The van der Waals surface area contributed by atoms with E-state index in [1.54, 1.807) is 13.2 Å². The van der Waals surface area contributed by atoms with Crippen LogP contribution in [0.3, 0.4) is 0 Å². The SMILES string of the molecule is CCCCc1nnc(NC(=O)/C=C/c2ccc(OCCC)c(OC)c2)s1. The van der Waals surface area contributed by atoms with Crippen molar-refractivity contribution in [1.82, 2.24) is 10.2 Å². The lowest BCUT2D eigenvalue weighted by Crippen LogP contribution is -2.07. The highest BCUT2D eigenvalue weighted by Crippen LogP contribution is 2.28. The lowest BCUT2D eigenvalue weighted by molar-refractivity contribution is -0.111. The van der Waals surface area contributed by atoms with Crippen molar-refractivity contribution in [2.75, 3.05) is 19.0 Å². The Kier molecular flexibility index (Phi) is 8.08. The Bertz CT molecular complexity index is 743. The number of hydrogen-bond acceptors (Lipinski definition) is 6. The summed E-state index contributed by atoms with van der Waals surface area (Å²) < 4.78 is 11.0. The van der Waals surface area contributed by atoms with Crippen LogP contribution in [0.2, 0.25) is 0 Å². The van der Waals surface area contributed by atoms with E-state index in [1.807, 2.05) is 25.1 Å². The molecule has 0 saturated carbocycles. The molecular weight excluding hydrogens is 350 g/mol. The van der Waals surface area contributed by atoms with E-state index in [-0.39, 0.29) is 5.91 Å². The van der Waals surface area contributed by atoms with Gasteiger partial charge in [0, 0.05) is 12.5 Å². The van der Waals surface area contributed by atoms with Gasteiger partial charge in [-0.1, -0.05) is 37.7 Å². The van der Waals surface area contributed by atoms with Crippen LogP contribution >= 0.6 is 11.3 Å². The van der Waals surface area contributed by atoms with Crippen molar-refractivity contribution in [3.05, 3.63) is 34.8 Å². The van der Waals surface area contributed by atoms with Crippen molar-refractivity contribution in [3.63, 3.8) is 0 Å². The van der Waals surface area contributed by atoms with Crippen LogP contribution < -0.4 is 14.8 Å². The fraction of sp³-hybridized carbons (Fsp3) is 0.421. The lowest BCUT2D eigenvalue weighted by Gasteiger charge is -2.10. The Morgan fingerprint density at radius 2 is 2.08 bits per heavy atom. The smallest absolute Gasteiger partial charge is 0.250 e. The molecule has 7 heteroatoms. The molecule has 0 spiro atoms. The van der Waals surface area contributed by atoms with Crippen molar-refractivity contribution in [1.29, 1.82) is 0 Å². The topological polar surface area (TPSA) is 73.3 Å². The summed E-state index contributed by atoms with van der Waals surface area (Å²) in [6.07, 6.45) is 7.19. The minimum atomic E-state index is -0.242. The molecule has 1 aromatic carbocycles. The third kappa shape index (κ3) is 6.15. The average molecular weight is 375 g/mol. The standard InChI is InChI=1S/C19H25N3O3S/c1-4-6-7-18-21-22-19(26-18)20-17(23)11-9-14-8-10-15(25-12-5-2)16(13-14)24-3/h8-11,13H,4-7,12H2,1-3H3,(H,20,22,23)/b11-9+. The summed E-state index contributed by atoms with van der Waals surface area (Å²) in [5, 5.41) is 12.3. The van der Waals surface area contributed by atoms with E-state index >= 15 is 0 Å². The fourth-order valence-corrected chi connectivity index (χ4v) is 2.96. The minimum Gasteiger partial charge on any atom is -0.493 e. The van der Waals surface area contributed by atoms with E-state index in [1.165, 1.54) is 17.4 Å². The van der Waals surface area contributed by atoms with Crippen molar-refractivity contribution in [2.45, 2.75) is 39.5 Å². The zero-order chi connectivity index (χ0) is 18.8. The number of aryl methyl sites for hydroxylation is 1. The van der Waals surface area contributed by atoms with Gasteiger partial charge in [-0.25, -0.2) is 0 Å². The minimum absolute atomic E-state index is 0.242. The molecule has 1 amide bonds. The number of aromatic nitrogens is 2. The van der Waals surface area contributed by atoms with E-state index < -0.39 is 0 Å². The molecule has 0 radical (unpaired) electrons. The first-order chi connectivity index (χ1) is 12.7. The Morgan fingerprint density at radius 3 is 2.81 bits per heavy atom. The zero-order valence-corrected chi connectivity index (χ0v) is 16.3. The van der Waals surface area contributed by atoms with Gasteiger partial charge in [-0.3, -0.25) is 10.1 Å². The van der Waals surface area contributed by atoms with Crippen molar-refractivity contribution >= 4 is 28.5 Å². The number of carbonyl (C=O) groups excluding carboxylic acids is 1. The molecular formula is C19H25N3O3S. The molecule has 1 aromatic heterocycles. The first-order valence-electron chi connectivity index (χ1n) is 8.78. The average Bonchev–Trinajstić information content (AvgIpc) is 3.10. The Hall–Kier alpha value is -2.41. The van der Waals surface area contributed by atoms with E-state index in [0.717, 1.165) is 36.3 Å². The van der Waals surface area contributed by atoms with Gasteiger partial charge in [0.1, 0.15) is 5.01 Å². The highest BCUT2D eigenvalue weighted by Gasteiger charge is 2.07. The van der Waals surface area contributed by atoms with Crippen molar-refractivity contribution in [3.8, 4) is 11.5 Å². The highest BCUT2D eigenvalue weighted by molar-refractivity contribution is 7.15. The van der Waals surface area contributed by atoms with Crippen LogP contribution in [0.5, 0.6) is 11.5 Å². The number of unbranched alkanes of at least 4 members (excludes halogenated alkanes) is 1. The van der Waals surface area contributed by atoms with Crippen LogP contribution in [0.15, 0.2) is 24.3 Å². The van der Waals surface area contributed by atoms with Gasteiger partial charge in [0.25, 0.3) is 0 Å². The highest BCUT2D eigenvalue weighted by atomic mass is 32.1. The second kappa shape index (κ2) is 10.6. The second-order valence-corrected chi connectivity index (χ2v) is 6.75. The Labute approximate surface area is 158 Å². The normalized spacial score (nSPS) is 10.9. The van der Waals surface area contributed by atoms with Crippen LogP contribution in [0.4, 0.5) is 5.13 Å². The van der Waals surface area contributed by atoms with Gasteiger partial charge < -0.3 is 9.47 Å². The summed E-state index contributed by atoms with van der Waals surface area (Å²) in [4.78, 5) is 12.1. The van der Waals surface area contributed by atoms with Gasteiger partial charge >= 0.3 is 0 Å². The summed E-state index contributed by atoms with van der Waals surface area (Å²) in [6.45, 7) is 4.81. The first-order valence-corrected chi connectivity index (χ1v) is 9.60. The summed E-state index contributed by atoms with van der Waals surface area (Å²) in [7, 11) is 1.60. The van der Waals surface area contributed by atoms with E-state index in [2.05, 4.69) is 22.4 Å². The number of hydrogen-bond donors (Lipinski definition) is 1. The number of rotatable bonds is 10. The maximum atomic E-state index is 12.1. The number of nitrogens with zero attached hydrogens (tertiary/aromatic N) is 2. The molecule has 140 valence electrons. The molecule has 0 unspecified atom stereocenters. The monoisotopic (exact) mass is 375 g/mol. The van der Waals surface area contributed by atoms with Gasteiger partial charge in [-0.05, 0) is 36.6 Å². The maximum Gasteiger partial charge on any atom is 0.250 e. The van der Waals surface area contributed by atoms with Crippen molar-refractivity contribution < 1.29 is 14.3 Å². The van der Waals surface area contributed by atoms with Crippen LogP contribution in [-0.4, -0.2) is 29.8 Å². The quantitative estimate of drug-likeness (QED) is 0.626. The van der Waals surface area contributed by atoms with Crippen LogP contribution in [0.1, 0.15) is 43.7 Å². The molecule has 2 rings (SSSR count). The number of anilines is 1. The molecule has 0 atom stereocenters.